The fraction of sp³-hybridized carbons (Fsp3) is 0.417. The standard InChI is InChI=1S/C12H16N2O2S/c1-9-3-4-11(17-9)12-10(14-8-16-12)7-13-5-6-15-2/h3-4,8,13H,5-7H2,1-2H3. The van der Waals surface area contributed by atoms with Crippen LogP contribution in [0.25, 0.3) is 10.6 Å². The van der Waals surface area contributed by atoms with Crippen LogP contribution in [0.3, 0.4) is 0 Å². The summed E-state index contributed by atoms with van der Waals surface area (Å²) >= 11 is 1.72. The number of oxazole rings is 1. The molecule has 0 bridgehead atoms. The third-order valence-corrected chi connectivity index (χ3v) is 3.38. The normalized spacial score (nSPS) is 10.9. The van der Waals surface area contributed by atoms with Crippen LogP contribution in [0.2, 0.25) is 0 Å². The fourth-order valence-corrected chi connectivity index (χ4v) is 2.41. The number of aryl methyl sites for hydroxylation is 1. The molecule has 0 fully saturated rings. The van der Waals surface area contributed by atoms with Crippen LogP contribution in [-0.4, -0.2) is 25.2 Å². The van der Waals surface area contributed by atoms with E-state index >= 15 is 0 Å². The predicted octanol–water partition coefficient (Wildman–Crippen LogP) is 2.45. The maximum atomic E-state index is 5.45. The Bertz CT molecular complexity index is 465. The van der Waals surface area contributed by atoms with Gasteiger partial charge in [0.25, 0.3) is 0 Å². The molecule has 0 radical (unpaired) electrons. The van der Waals surface area contributed by atoms with E-state index in [2.05, 4.69) is 29.4 Å². The van der Waals surface area contributed by atoms with Gasteiger partial charge in [-0.25, -0.2) is 4.98 Å². The van der Waals surface area contributed by atoms with E-state index in [4.69, 9.17) is 9.15 Å². The lowest BCUT2D eigenvalue weighted by Crippen LogP contribution is -2.19. The summed E-state index contributed by atoms with van der Waals surface area (Å²) in [5.74, 6) is 0.869. The summed E-state index contributed by atoms with van der Waals surface area (Å²) in [4.78, 5) is 6.64. The minimum atomic E-state index is 0.700. The second-order valence-corrected chi connectivity index (χ2v) is 5.00. The molecule has 0 aliphatic rings. The molecule has 2 rings (SSSR count). The average Bonchev–Trinajstić information content (AvgIpc) is 2.93. The Morgan fingerprint density at radius 2 is 2.35 bits per heavy atom. The van der Waals surface area contributed by atoms with Crippen molar-refractivity contribution in [1.29, 1.82) is 0 Å². The van der Waals surface area contributed by atoms with Crippen molar-refractivity contribution in [1.82, 2.24) is 10.3 Å². The molecule has 2 aromatic heterocycles. The van der Waals surface area contributed by atoms with Gasteiger partial charge in [-0.05, 0) is 19.1 Å². The highest BCUT2D eigenvalue weighted by atomic mass is 32.1. The molecule has 0 saturated heterocycles. The van der Waals surface area contributed by atoms with Crippen LogP contribution in [0.4, 0.5) is 0 Å². The van der Waals surface area contributed by atoms with Crippen LogP contribution < -0.4 is 5.32 Å². The summed E-state index contributed by atoms with van der Waals surface area (Å²) in [6, 6.07) is 4.16. The summed E-state index contributed by atoms with van der Waals surface area (Å²) < 4.78 is 10.4. The maximum absolute atomic E-state index is 5.45. The van der Waals surface area contributed by atoms with Crippen molar-refractivity contribution >= 4 is 11.3 Å². The summed E-state index contributed by atoms with van der Waals surface area (Å²) in [6.07, 6.45) is 1.50. The number of hydrogen-bond acceptors (Lipinski definition) is 5. The van der Waals surface area contributed by atoms with Crippen molar-refractivity contribution in [2.75, 3.05) is 20.3 Å². The average molecular weight is 252 g/mol. The number of methoxy groups -OCH3 is 1. The first-order valence-electron chi connectivity index (χ1n) is 5.50. The zero-order valence-electron chi connectivity index (χ0n) is 10.0. The van der Waals surface area contributed by atoms with Crippen LogP contribution in [0, 0.1) is 6.92 Å². The Morgan fingerprint density at radius 3 is 3.06 bits per heavy atom. The van der Waals surface area contributed by atoms with Gasteiger partial charge in [-0.3, -0.25) is 0 Å². The van der Waals surface area contributed by atoms with Crippen molar-refractivity contribution in [2.45, 2.75) is 13.5 Å². The number of rotatable bonds is 6. The topological polar surface area (TPSA) is 47.3 Å². The maximum Gasteiger partial charge on any atom is 0.181 e. The third kappa shape index (κ3) is 3.15. The van der Waals surface area contributed by atoms with Gasteiger partial charge in [0.2, 0.25) is 0 Å². The van der Waals surface area contributed by atoms with Gasteiger partial charge in [0.1, 0.15) is 5.69 Å². The second kappa shape index (κ2) is 5.95. The van der Waals surface area contributed by atoms with Crippen LogP contribution in [0.1, 0.15) is 10.6 Å². The lowest BCUT2D eigenvalue weighted by atomic mass is 10.3. The molecule has 5 heteroatoms. The van der Waals surface area contributed by atoms with Gasteiger partial charge in [-0.15, -0.1) is 11.3 Å². The van der Waals surface area contributed by atoms with E-state index in [0.717, 1.165) is 22.9 Å². The molecular weight excluding hydrogens is 236 g/mol. The summed E-state index contributed by atoms with van der Waals surface area (Å²) in [5, 5.41) is 3.26. The van der Waals surface area contributed by atoms with E-state index in [9.17, 15) is 0 Å². The lowest BCUT2D eigenvalue weighted by molar-refractivity contribution is 0.199. The molecule has 1 N–H and O–H groups in total. The first-order valence-corrected chi connectivity index (χ1v) is 6.31. The SMILES string of the molecule is COCCNCc1ncoc1-c1ccc(C)s1. The van der Waals surface area contributed by atoms with Gasteiger partial charge in [-0.1, -0.05) is 0 Å². The molecule has 0 aromatic carbocycles. The zero-order chi connectivity index (χ0) is 12.1. The number of nitrogens with one attached hydrogen (secondary N) is 1. The minimum Gasteiger partial charge on any atom is -0.442 e. The highest BCUT2D eigenvalue weighted by Crippen LogP contribution is 2.29. The molecule has 0 amide bonds. The summed E-state index contributed by atoms with van der Waals surface area (Å²) in [6.45, 7) is 4.30. The number of ether oxygens (including phenoxy) is 1. The second-order valence-electron chi connectivity index (χ2n) is 3.71. The summed E-state index contributed by atoms with van der Waals surface area (Å²) in [5.41, 5.74) is 0.947. The first kappa shape index (κ1) is 12.3. The molecule has 0 aliphatic heterocycles. The highest BCUT2D eigenvalue weighted by Gasteiger charge is 2.11. The fourth-order valence-electron chi connectivity index (χ4n) is 1.53. The van der Waals surface area contributed by atoms with Crippen LogP contribution in [-0.2, 0) is 11.3 Å². The van der Waals surface area contributed by atoms with Gasteiger partial charge in [0, 0.05) is 25.1 Å². The molecule has 0 atom stereocenters. The van der Waals surface area contributed by atoms with E-state index in [1.807, 2.05) is 0 Å². The molecule has 2 aromatic rings. The smallest absolute Gasteiger partial charge is 0.181 e. The monoisotopic (exact) mass is 252 g/mol. The van der Waals surface area contributed by atoms with Gasteiger partial charge < -0.3 is 14.5 Å². The molecule has 4 nitrogen and oxygen atoms in total. The number of thiophene rings is 1. The quantitative estimate of drug-likeness (QED) is 0.802. The molecule has 0 unspecified atom stereocenters. The van der Waals surface area contributed by atoms with Crippen molar-refractivity contribution in [3.05, 3.63) is 29.1 Å². The number of nitrogens with zero attached hydrogens (tertiary/aromatic N) is 1. The minimum absolute atomic E-state index is 0.700. The Morgan fingerprint density at radius 1 is 1.47 bits per heavy atom. The van der Waals surface area contributed by atoms with Gasteiger partial charge in [0.05, 0.1) is 11.5 Å². The van der Waals surface area contributed by atoms with Crippen LogP contribution in [0.15, 0.2) is 22.9 Å². The van der Waals surface area contributed by atoms with E-state index in [1.165, 1.54) is 11.3 Å². The first-order chi connectivity index (χ1) is 8.31. The summed E-state index contributed by atoms with van der Waals surface area (Å²) in [7, 11) is 1.69. The van der Waals surface area contributed by atoms with E-state index in [-0.39, 0.29) is 0 Å². The molecular formula is C12H16N2O2S. The molecule has 0 saturated carbocycles. The molecule has 0 aliphatic carbocycles. The Hall–Kier alpha value is -1.17. The van der Waals surface area contributed by atoms with Crippen LogP contribution >= 0.6 is 11.3 Å². The Labute approximate surface area is 105 Å². The molecule has 17 heavy (non-hydrogen) atoms. The highest BCUT2D eigenvalue weighted by molar-refractivity contribution is 7.15. The zero-order valence-corrected chi connectivity index (χ0v) is 10.8. The molecule has 92 valence electrons. The van der Waals surface area contributed by atoms with Crippen molar-refractivity contribution in [2.24, 2.45) is 0 Å². The largest absolute Gasteiger partial charge is 0.442 e. The Balaban J connectivity index is 2.02. The van der Waals surface area contributed by atoms with Crippen LogP contribution in [0.5, 0.6) is 0 Å². The van der Waals surface area contributed by atoms with Crippen molar-refractivity contribution < 1.29 is 9.15 Å². The van der Waals surface area contributed by atoms with E-state index < -0.39 is 0 Å². The van der Waals surface area contributed by atoms with Gasteiger partial charge in [-0.2, -0.15) is 0 Å². The lowest BCUT2D eigenvalue weighted by Gasteiger charge is -2.02. The van der Waals surface area contributed by atoms with Gasteiger partial charge in [0.15, 0.2) is 12.2 Å². The molecule has 0 spiro atoms. The Kier molecular flexibility index (Phi) is 4.30. The molecule has 2 heterocycles. The van der Waals surface area contributed by atoms with Gasteiger partial charge >= 0.3 is 0 Å². The van der Waals surface area contributed by atoms with E-state index in [0.29, 0.717) is 13.2 Å². The predicted molar refractivity (Wildman–Crippen MR) is 68.1 cm³/mol. The van der Waals surface area contributed by atoms with Crippen molar-refractivity contribution in [3.8, 4) is 10.6 Å². The number of hydrogen-bond donors (Lipinski definition) is 1. The van der Waals surface area contributed by atoms with E-state index in [1.54, 1.807) is 18.4 Å². The third-order valence-electron chi connectivity index (χ3n) is 2.38. The van der Waals surface area contributed by atoms with Crippen molar-refractivity contribution in [3.63, 3.8) is 0 Å². The number of aromatic nitrogens is 1.